The number of nitrogens with zero attached hydrogens (tertiary/aromatic N) is 6. The Morgan fingerprint density at radius 1 is 1.03 bits per heavy atom. The third-order valence-corrected chi connectivity index (χ3v) is 6.36. The molecule has 0 bridgehead atoms. The fourth-order valence-electron chi connectivity index (χ4n) is 4.37. The quantitative estimate of drug-likeness (QED) is 0.494. The molecule has 2 fully saturated rings. The van der Waals surface area contributed by atoms with Gasteiger partial charge in [0.15, 0.2) is 0 Å². The van der Waals surface area contributed by atoms with E-state index in [1.165, 1.54) is 0 Å². The van der Waals surface area contributed by atoms with Crippen molar-refractivity contribution in [1.82, 2.24) is 29.7 Å². The van der Waals surface area contributed by atoms with E-state index in [0.29, 0.717) is 0 Å². The zero-order chi connectivity index (χ0) is 22.4. The summed E-state index contributed by atoms with van der Waals surface area (Å²) in [5, 5.41) is 15.3. The monoisotopic (exact) mass is 442 g/mol. The SMILES string of the molecule is Cn1cc(-c2cc(-c3ccc(N4CCNCC4)nc3)c3c(NC(=O)C4CC4)cnn3c2)cn1. The second kappa shape index (κ2) is 8.00. The van der Waals surface area contributed by atoms with E-state index >= 15 is 0 Å². The summed E-state index contributed by atoms with van der Waals surface area (Å²) >= 11 is 0. The minimum atomic E-state index is 0.0689. The van der Waals surface area contributed by atoms with Crippen LogP contribution >= 0.6 is 0 Å². The van der Waals surface area contributed by atoms with Crippen LogP contribution in [0.5, 0.6) is 0 Å². The van der Waals surface area contributed by atoms with Gasteiger partial charge in [0.05, 0.1) is 23.6 Å². The van der Waals surface area contributed by atoms with Gasteiger partial charge < -0.3 is 15.5 Å². The molecular weight excluding hydrogens is 416 g/mol. The Bertz CT molecular complexity index is 1310. The average molecular weight is 443 g/mol. The number of carbonyl (C=O) groups excluding carboxylic acids is 1. The molecule has 1 saturated heterocycles. The first kappa shape index (κ1) is 19.9. The molecule has 9 nitrogen and oxygen atoms in total. The molecule has 6 rings (SSSR count). The van der Waals surface area contributed by atoms with Gasteiger partial charge in [-0.3, -0.25) is 9.48 Å². The molecule has 0 atom stereocenters. The molecule has 0 unspecified atom stereocenters. The van der Waals surface area contributed by atoms with Gasteiger partial charge in [-0.2, -0.15) is 10.2 Å². The van der Waals surface area contributed by atoms with E-state index in [-0.39, 0.29) is 11.8 Å². The molecule has 168 valence electrons. The van der Waals surface area contributed by atoms with Crippen LogP contribution < -0.4 is 15.5 Å². The van der Waals surface area contributed by atoms with Crippen LogP contribution in [0.2, 0.25) is 0 Å². The molecule has 1 aliphatic heterocycles. The average Bonchev–Trinajstić information content (AvgIpc) is 3.50. The number of aryl methyl sites for hydroxylation is 1. The fraction of sp³-hybridized carbons (Fsp3) is 0.333. The number of piperazine rings is 1. The Morgan fingerprint density at radius 3 is 2.58 bits per heavy atom. The van der Waals surface area contributed by atoms with Gasteiger partial charge in [0.2, 0.25) is 5.91 Å². The van der Waals surface area contributed by atoms with Crippen LogP contribution in [0.3, 0.4) is 0 Å². The first-order chi connectivity index (χ1) is 16.2. The number of nitrogens with one attached hydrogen (secondary N) is 2. The van der Waals surface area contributed by atoms with E-state index in [9.17, 15) is 4.79 Å². The van der Waals surface area contributed by atoms with Gasteiger partial charge in [0, 0.05) is 80.0 Å². The van der Waals surface area contributed by atoms with Crippen LogP contribution in [0.25, 0.3) is 27.8 Å². The number of fused-ring (bicyclic) bond motifs is 1. The van der Waals surface area contributed by atoms with Gasteiger partial charge in [-0.05, 0) is 31.0 Å². The zero-order valence-electron chi connectivity index (χ0n) is 18.5. The predicted octanol–water partition coefficient (Wildman–Crippen LogP) is 2.55. The largest absolute Gasteiger partial charge is 0.354 e. The summed E-state index contributed by atoms with van der Waals surface area (Å²) in [4.78, 5) is 19.6. The maximum atomic E-state index is 12.5. The third-order valence-electron chi connectivity index (χ3n) is 6.36. The molecule has 2 aliphatic rings. The number of hydrogen-bond acceptors (Lipinski definition) is 6. The van der Waals surface area contributed by atoms with Crippen LogP contribution in [0, 0.1) is 5.92 Å². The van der Waals surface area contributed by atoms with Crippen LogP contribution in [-0.2, 0) is 11.8 Å². The van der Waals surface area contributed by atoms with Crippen molar-refractivity contribution in [2.45, 2.75) is 12.8 Å². The lowest BCUT2D eigenvalue weighted by molar-refractivity contribution is -0.117. The van der Waals surface area contributed by atoms with Crippen molar-refractivity contribution in [2.24, 2.45) is 13.0 Å². The second-order valence-electron chi connectivity index (χ2n) is 8.80. The molecule has 0 aromatic carbocycles. The number of carbonyl (C=O) groups is 1. The fourth-order valence-corrected chi connectivity index (χ4v) is 4.37. The highest BCUT2D eigenvalue weighted by atomic mass is 16.2. The van der Waals surface area contributed by atoms with Crippen LogP contribution in [-0.4, -0.2) is 56.5 Å². The third kappa shape index (κ3) is 3.84. The summed E-state index contributed by atoms with van der Waals surface area (Å²) in [6.07, 6.45) is 11.4. The van der Waals surface area contributed by atoms with Crippen molar-refractivity contribution in [3.05, 3.63) is 49.2 Å². The standard InChI is InChI=1S/C24H26N8O/c1-30-14-19(12-27-30)18-10-20(17-4-5-22(26-11-17)31-8-6-25-7-9-31)23-21(13-28-32(23)15-18)29-24(33)16-2-3-16/h4-5,10-16,25H,2-3,6-9H2,1H3,(H,29,33). The number of hydrogen-bond donors (Lipinski definition) is 2. The summed E-state index contributed by atoms with van der Waals surface area (Å²) in [5.41, 5.74) is 5.55. The molecule has 0 radical (unpaired) electrons. The van der Waals surface area contributed by atoms with Gasteiger partial charge in [0.1, 0.15) is 5.82 Å². The molecule has 1 aliphatic carbocycles. The Labute approximate surface area is 191 Å². The van der Waals surface area contributed by atoms with E-state index in [1.807, 2.05) is 36.4 Å². The number of aromatic nitrogens is 5. The van der Waals surface area contributed by atoms with Gasteiger partial charge in [-0.1, -0.05) is 0 Å². The Balaban J connectivity index is 1.44. The molecule has 33 heavy (non-hydrogen) atoms. The van der Waals surface area contributed by atoms with Crippen molar-refractivity contribution in [1.29, 1.82) is 0 Å². The lowest BCUT2D eigenvalue weighted by Gasteiger charge is -2.28. The van der Waals surface area contributed by atoms with Gasteiger partial charge in [-0.15, -0.1) is 0 Å². The molecule has 4 aromatic heterocycles. The topological polar surface area (TPSA) is 92.4 Å². The van der Waals surface area contributed by atoms with E-state index < -0.39 is 0 Å². The molecule has 4 aromatic rings. The first-order valence-corrected chi connectivity index (χ1v) is 11.4. The lowest BCUT2D eigenvalue weighted by Crippen LogP contribution is -2.43. The van der Waals surface area contributed by atoms with Crippen LogP contribution in [0.1, 0.15) is 12.8 Å². The normalized spacial score (nSPS) is 16.3. The van der Waals surface area contributed by atoms with E-state index in [2.05, 4.69) is 43.9 Å². The van der Waals surface area contributed by atoms with Crippen molar-refractivity contribution < 1.29 is 4.79 Å². The van der Waals surface area contributed by atoms with Gasteiger partial charge >= 0.3 is 0 Å². The highest BCUT2D eigenvalue weighted by molar-refractivity contribution is 6.01. The highest BCUT2D eigenvalue weighted by Crippen LogP contribution is 2.36. The summed E-state index contributed by atoms with van der Waals surface area (Å²) in [6, 6.07) is 6.31. The van der Waals surface area contributed by atoms with E-state index in [0.717, 1.165) is 78.3 Å². The highest BCUT2D eigenvalue weighted by Gasteiger charge is 2.30. The second-order valence-corrected chi connectivity index (χ2v) is 8.80. The van der Waals surface area contributed by atoms with Crippen molar-refractivity contribution in [3.8, 4) is 22.3 Å². The molecule has 1 amide bonds. The number of rotatable bonds is 5. The Hall–Kier alpha value is -3.72. The van der Waals surface area contributed by atoms with Crippen molar-refractivity contribution >= 4 is 22.9 Å². The minimum Gasteiger partial charge on any atom is -0.354 e. The molecule has 2 N–H and O–H groups in total. The lowest BCUT2D eigenvalue weighted by atomic mass is 10.0. The minimum absolute atomic E-state index is 0.0689. The zero-order valence-corrected chi connectivity index (χ0v) is 18.5. The molecule has 1 saturated carbocycles. The summed E-state index contributed by atoms with van der Waals surface area (Å²) < 4.78 is 3.62. The van der Waals surface area contributed by atoms with Crippen molar-refractivity contribution in [2.75, 3.05) is 36.4 Å². The van der Waals surface area contributed by atoms with Gasteiger partial charge in [0.25, 0.3) is 0 Å². The number of anilines is 2. The predicted molar refractivity (Wildman–Crippen MR) is 127 cm³/mol. The Kier molecular flexibility index (Phi) is 4.83. The summed E-state index contributed by atoms with van der Waals surface area (Å²) in [7, 11) is 1.90. The summed E-state index contributed by atoms with van der Waals surface area (Å²) in [6.45, 7) is 3.84. The maximum absolute atomic E-state index is 12.5. The molecule has 5 heterocycles. The van der Waals surface area contributed by atoms with Crippen LogP contribution in [0.4, 0.5) is 11.5 Å². The van der Waals surface area contributed by atoms with Gasteiger partial charge in [-0.25, -0.2) is 9.50 Å². The smallest absolute Gasteiger partial charge is 0.227 e. The molecule has 9 heteroatoms. The number of pyridine rings is 2. The number of amides is 1. The Morgan fingerprint density at radius 2 is 1.88 bits per heavy atom. The molecular formula is C24H26N8O. The maximum Gasteiger partial charge on any atom is 0.227 e. The van der Waals surface area contributed by atoms with E-state index in [4.69, 9.17) is 4.98 Å². The molecule has 0 spiro atoms. The van der Waals surface area contributed by atoms with E-state index in [1.54, 1.807) is 10.9 Å². The van der Waals surface area contributed by atoms with Crippen molar-refractivity contribution in [3.63, 3.8) is 0 Å². The summed E-state index contributed by atoms with van der Waals surface area (Å²) in [5.74, 6) is 1.17. The van der Waals surface area contributed by atoms with Crippen LogP contribution in [0.15, 0.2) is 49.2 Å². The first-order valence-electron chi connectivity index (χ1n) is 11.4.